The number of nitrogens with zero attached hydrogens (tertiary/aromatic N) is 1. The van der Waals surface area contributed by atoms with E-state index in [1.165, 1.54) is 19.5 Å². The Kier molecular flexibility index (Phi) is 17.1. The predicted octanol–water partition coefficient (Wildman–Crippen LogP) is 0.881. The van der Waals surface area contributed by atoms with Crippen LogP contribution in [-0.2, 0) is 0 Å². The molecule has 0 aromatic heterocycles. The maximum atomic E-state index is 5.57. The van der Waals surface area contributed by atoms with Gasteiger partial charge in [-0.1, -0.05) is 0 Å². The summed E-state index contributed by atoms with van der Waals surface area (Å²) in [6, 6.07) is 0. The van der Waals surface area contributed by atoms with Crippen molar-refractivity contribution in [1.29, 1.82) is 0 Å². The van der Waals surface area contributed by atoms with Crippen LogP contribution in [-0.4, -0.2) is 37.6 Å². The predicted molar refractivity (Wildman–Crippen MR) is 69.0 cm³/mol. The van der Waals surface area contributed by atoms with E-state index < -0.39 is 0 Å². The normalized spacial score (nSPS) is 20.6. The topological polar surface area (TPSA) is 55.3 Å². The Balaban J connectivity index is -0.000000403. The molecular weight excluding hydrogens is 244 g/mol. The fourth-order valence-corrected chi connectivity index (χ4v) is 1.62. The van der Waals surface area contributed by atoms with Gasteiger partial charge in [0.1, 0.15) is 0 Å². The summed E-state index contributed by atoms with van der Waals surface area (Å²) in [6.45, 7) is 5.23. The molecule has 0 amide bonds. The molecule has 0 radical (unpaired) electrons. The molecule has 0 bridgehead atoms. The smallest absolute Gasteiger partial charge is 0.00222 e. The summed E-state index contributed by atoms with van der Waals surface area (Å²) < 4.78 is 0. The number of likely N-dealkylation sites (tertiary alicyclic amines) is 1. The van der Waals surface area contributed by atoms with Crippen molar-refractivity contribution in [2.45, 2.75) is 12.8 Å². The van der Waals surface area contributed by atoms with Crippen LogP contribution in [0, 0.1) is 5.92 Å². The Bertz CT molecular complexity index is 116. The maximum Gasteiger partial charge on any atom is 0.00222 e. The van der Waals surface area contributed by atoms with Crippen LogP contribution in [0.15, 0.2) is 0 Å². The van der Waals surface area contributed by atoms with Gasteiger partial charge in [-0.3, -0.25) is 0 Å². The number of hydrogen-bond donors (Lipinski definition) is 2. The van der Waals surface area contributed by atoms with Crippen molar-refractivity contribution < 1.29 is 0 Å². The summed E-state index contributed by atoms with van der Waals surface area (Å²) >= 11 is 0. The van der Waals surface area contributed by atoms with Crippen molar-refractivity contribution >= 4 is 37.2 Å². The zero-order valence-electron chi connectivity index (χ0n) is 8.35. The van der Waals surface area contributed by atoms with Crippen molar-refractivity contribution in [1.82, 2.24) is 4.90 Å². The first-order valence-corrected chi connectivity index (χ1v) is 4.49. The average Bonchev–Trinajstić information content (AvgIpc) is 2.48. The number of nitrogens with two attached hydrogens (primary N) is 2. The molecule has 90 valence electrons. The lowest BCUT2D eigenvalue weighted by Gasteiger charge is -2.14. The molecule has 14 heavy (non-hydrogen) atoms. The second-order valence-electron chi connectivity index (χ2n) is 3.33. The van der Waals surface area contributed by atoms with Crippen LogP contribution < -0.4 is 11.5 Å². The highest BCUT2D eigenvalue weighted by molar-refractivity contribution is 5.86. The van der Waals surface area contributed by atoms with Gasteiger partial charge < -0.3 is 16.4 Å². The SMILES string of the molecule is Cl.Cl.Cl.NCCCN1CCC(CN)C1. The molecule has 0 aromatic rings. The van der Waals surface area contributed by atoms with Crippen LogP contribution in [0.4, 0.5) is 0 Å². The van der Waals surface area contributed by atoms with Gasteiger partial charge in [0.25, 0.3) is 0 Å². The molecule has 4 N–H and O–H groups in total. The summed E-state index contributed by atoms with van der Waals surface area (Å²) in [7, 11) is 0. The molecule has 0 aromatic carbocycles. The maximum absolute atomic E-state index is 5.57. The lowest BCUT2D eigenvalue weighted by molar-refractivity contribution is 0.323. The first-order chi connectivity index (χ1) is 5.36. The lowest BCUT2D eigenvalue weighted by Crippen LogP contribution is -2.25. The second-order valence-corrected chi connectivity index (χ2v) is 3.33. The monoisotopic (exact) mass is 265 g/mol. The second kappa shape index (κ2) is 11.8. The Morgan fingerprint density at radius 2 is 1.79 bits per heavy atom. The van der Waals surface area contributed by atoms with Gasteiger partial charge in [-0.25, -0.2) is 0 Å². The molecule has 6 heteroatoms. The molecule has 1 fully saturated rings. The van der Waals surface area contributed by atoms with E-state index in [1.54, 1.807) is 0 Å². The van der Waals surface area contributed by atoms with Crippen LogP contribution in [0.1, 0.15) is 12.8 Å². The molecule has 1 saturated heterocycles. The molecule has 1 aliphatic rings. The Labute approximate surface area is 105 Å². The number of halogens is 3. The van der Waals surface area contributed by atoms with E-state index >= 15 is 0 Å². The third-order valence-electron chi connectivity index (χ3n) is 2.38. The van der Waals surface area contributed by atoms with E-state index in [2.05, 4.69) is 4.90 Å². The molecule has 1 aliphatic heterocycles. The molecule has 1 atom stereocenters. The molecule has 0 spiro atoms. The quantitative estimate of drug-likeness (QED) is 0.794. The van der Waals surface area contributed by atoms with Crippen LogP contribution >= 0.6 is 37.2 Å². The van der Waals surface area contributed by atoms with Gasteiger partial charge in [-0.15, -0.1) is 37.2 Å². The van der Waals surface area contributed by atoms with Crippen molar-refractivity contribution in [3.63, 3.8) is 0 Å². The first-order valence-electron chi connectivity index (χ1n) is 4.49. The minimum atomic E-state index is 0. The van der Waals surface area contributed by atoms with Crippen LogP contribution in [0.3, 0.4) is 0 Å². The highest BCUT2D eigenvalue weighted by Gasteiger charge is 2.19. The van der Waals surface area contributed by atoms with E-state index in [4.69, 9.17) is 11.5 Å². The zero-order valence-corrected chi connectivity index (χ0v) is 10.8. The van der Waals surface area contributed by atoms with Gasteiger partial charge in [0.15, 0.2) is 0 Å². The minimum Gasteiger partial charge on any atom is -0.330 e. The Hall–Kier alpha value is 0.750. The highest BCUT2D eigenvalue weighted by atomic mass is 35.5. The van der Waals surface area contributed by atoms with Gasteiger partial charge >= 0.3 is 0 Å². The van der Waals surface area contributed by atoms with E-state index in [0.29, 0.717) is 0 Å². The molecule has 1 rings (SSSR count). The van der Waals surface area contributed by atoms with Gasteiger partial charge in [0.05, 0.1) is 0 Å². The van der Waals surface area contributed by atoms with Crippen molar-refractivity contribution in [3.05, 3.63) is 0 Å². The Morgan fingerprint density at radius 1 is 1.14 bits per heavy atom. The fraction of sp³-hybridized carbons (Fsp3) is 1.00. The van der Waals surface area contributed by atoms with E-state index in [0.717, 1.165) is 32.0 Å². The summed E-state index contributed by atoms with van der Waals surface area (Å²) in [5, 5.41) is 0. The summed E-state index contributed by atoms with van der Waals surface area (Å²) in [6.07, 6.45) is 2.40. The third kappa shape index (κ3) is 7.10. The third-order valence-corrected chi connectivity index (χ3v) is 2.38. The number of rotatable bonds is 4. The lowest BCUT2D eigenvalue weighted by atomic mass is 10.1. The fourth-order valence-electron chi connectivity index (χ4n) is 1.62. The van der Waals surface area contributed by atoms with Gasteiger partial charge in [0.2, 0.25) is 0 Å². The van der Waals surface area contributed by atoms with E-state index in [1.807, 2.05) is 0 Å². The van der Waals surface area contributed by atoms with E-state index in [9.17, 15) is 0 Å². The molecular formula is C8H22Cl3N3. The van der Waals surface area contributed by atoms with Gasteiger partial charge in [-0.2, -0.15) is 0 Å². The molecule has 3 nitrogen and oxygen atoms in total. The molecule has 0 aliphatic carbocycles. The van der Waals surface area contributed by atoms with Crippen LogP contribution in [0.25, 0.3) is 0 Å². The van der Waals surface area contributed by atoms with Gasteiger partial charge in [-0.05, 0) is 44.9 Å². The average molecular weight is 267 g/mol. The van der Waals surface area contributed by atoms with Gasteiger partial charge in [0, 0.05) is 6.54 Å². The van der Waals surface area contributed by atoms with E-state index in [-0.39, 0.29) is 37.2 Å². The largest absolute Gasteiger partial charge is 0.330 e. The van der Waals surface area contributed by atoms with Crippen molar-refractivity contribution in [2.24, 2.45) is 17.4 Å². The van der Waals surface area contributed by atoms with Crippen LogP contribution in [0.2, 0.25) is 0 Å². The van der Waals surface area contributed by atoms with Crippen molar-refractivity contribution in [2.75, 3.05) is 32.7 Å². The minimum absolute atomic E-state index is 0. The zero-order chi connectivity index (χ0) is 8.10. The summed E-state index contributed by atoms with van der Waals surface area (Å²) in [5.41, 5.74) is 11.0. The standard InChI is InChI=1S/C8H19N3.3ClH/c9-3-1-4-11-5-2-8(6-10)7-11;;;/h8H,1-7,9-10H2;3*1H. The highest BCUT2D eigenvalue weighted by Crippen LogP contribution is 2.14. The van der Waals surface area contributed by atoms with Crippen molar-refractivity contribution in [3.8, 4) is 0 Å². The Morgan fingerprint density at radius 3 is 2.21 bits per heavy atom. The summed E-state index contributed by atoms with van der Waals surface area (Å²) in [5.74, 6) is 0.743. The first kappa shape index (κ1) is 20.2. The molecule has 1 unspecified atom stereocenters. The molecule has 1 heterocycles. The van der Waals surface area contributed by atoms with Crippen LogP contribution in [0.5, 0.6) is 0 Å². The molecule has 0 saturated carbocycles. The number of hydrogen-bond acceptors (Lipinski definition) is 3. The summed E-state index contributed by atoms with van der Waals surface area (Å²) in [4.78, 5) is 2.46.